The molecule has 0 unspecified atom stereocenters. The largest absolute Gasteiger partial charge is 0.508 e. The van der Waals surface area contributed by atoms with Crippen LogP contribution in [0, 0.1) is 0 Å². The molecular weight excluding hydrogens is 270 g/mol. The van der Waals surface area contributed by atoms with E-state index in [0.717, 1.165) is 0 Å². The van der Waals surface area contributed by atoms with E-state index in [1.165, 1.54) is 12.1 Å². The molecule has 0 aliphatic carbocycles. The van der Waals surface area contributed by atoms with Gasteiger partial charge in [0.15, 0.2) is 5.78 Å². The molecule has 0 atom stereocenters. The Morgan fingerprint density at radius 2 is 1.57 bits per heavy atom. The summed E-state index contributed by atoms with van der Waals surface area (Å²) in [6.45, 7) is 6.19. The van der Waals surface area contributed by atoms with Crippen LogP contribution in [0.3, 0.4) is 0 Å². The van der Waals surface area contributed by atoms with Crippen molar-refractivity contribution < 1.29 is 19.4 Å². The van der Waals surface area contributed by atoms with Crippen LogP contribution in [-0.4, -0.2) is 61.9 Å². The molecular formula is C16H25NO4. The summed E-state index contributed by atoms with van der Waals surface area (Å²) in [5.74, 6) is 0.162. The van der Waals surface area contributed by atoms with Crippen LogP contribution in [0.2, 0.25) is 0 Å². The van der Waals surface area contributed by atoms with Crippen molar-refractivity contribution in [1.82, 2.24) is 4.90 Å². The second-order valence-corrected chi connectivity index (χ2v) is 5.41. The summed E-state index contributed by atoms with van der Waals surface area (Å²) >= 11 is 0. The maximum Gasteiger partial charge on any atom is 0.182 e. The standard InChI is InChI=1S/C16H25NO4/c1-16(2,17(9-11-20-3)10-12-21-4)15(19)13-5-7-14(18)8-6-13/h5-8,18H,9-12H2,1-4H3. The number of phenolic OH excluding ortho intramolecular Hbond substituents is 1. The zero-order valence-corrected chi connectivity index (χ0v) is 13.3. The number of nitrogens with zero attached hydrogens (tertiary/aromatic N) is 1. The Labute approximate surface area is 126 Å². The number of benzene rings is 1. The highest BCUT2D eigenvalue weighted by Gasteiger charge is 2.34. The summed E-state index contributed by atoms with van der Waals surface area (Å²) in [7, 11) is 3.28. The van der Waals surface area contributed by atoms with Crippen molar-refractivity contribution in [3.8, 4) is 5.75 Å². The van der Waals surface area contributed by atoms with E-state index in [4.69, 9.17) is 9.47 Å². The molecule has 0 saturated heterocycles. The van der Waals surface area contributed by atoms with E-state index in [1.807, 2.05) is 13.8 Å². The van der Waals surface area contributed by atoms with Crippen LogP contribution in [0.1, 0.15) is 24.2 Å². The van der Waals surface area contributed by atoms with Gasteiger partial charge in [0.1, 0.15) is 5.75 Å². The minimum Gasteiger partial charge on any atom is -0.508 e. The quantitative estimate of drug-likeness (QED) is 0.706. The van der Waals surface area contributed by atoms with Gasteiger partial charge in [0.25, 0.3) is 0 Å². The molecule has 5 nitrogen and oxygen atoms in total. The highest BCUT2D eigenvalue weighted by Crippen LogP contribution is 2.22. The van der Waals surface area contributed by atoms with Crippen molar-refractivity contribution >= 4 is 5.78 Å². The van der Waals surface area contributed by atoms with Gasteiger partial charge in [0.2, 0.25) is 0 Å². The monoisotopic (exact) mass is 295 g/mol. The average Bonchev–Trinajstić information content (AvgIpc) is 2.47. The highest BCUT2D eigenvalue weighted by atomic mass is 16.5. The zero-order chi connectivity index (χ0) is 15.9. The molecule has 1 rings (SSSR count). The third-order valence-corrected chi connectivity index (χ3v) is 3.61. The zero-order valence-electron chi connectivity index (χ0n) is 13.3. The van der Waals surface area contributed by atoms with Crippen molar-refractivity contribution in [1.29, 1.82) is 0 Å². The van der Waals surface area contributed by atoms with Crippen LogP contribution in [0.4, 0.5) is 0 Å². The predicted molar refractivity (Wildman–Crippen MR) is 81.8 cm³/mol. The number of hydrogen-bond acceptors (Lipinski definition) is 5. The highest BCUT2D eigenvalue weighted by molar-refractivity contribution is 6.02. The lowest BCUT2D eigenvalue weighted by molar-refractivity contribution is 0.0418. The summed E-state index contributed by atoms with van der Waals surface area (Å²) in [6.07, 6.45) is 0. The third-order valence-electron chi connectivity index (χ3n) is 3.61. The van der Waals surface area contributed by atoms with Gasteiger partial charge in [-0.1, -0.05) is 0 Å². The number of carbonyl (C=O) groups is 1. The van der Waals surface area contributed by atoms with Gasteiger partial charge in [-0.15, -0.1) is 0 Å². The number of aromatic hydroxyl groups is 1. The molecule has 0 aromatic heterocycles. The fraction of sp³-hybridized carbons (Fsp3) is 0.562. The van der Waals surface area contributed by atoms with Crippen LogP contribution in [0.5, 0.6) is 5.75 Å². The average molecular weight is 295 g/mol. The van der Waals surface area contributed by atoms with Crippen LogP contribution < -0.4 is 0 Å². The molecule has 0 fully saturated rings. The van der Waals surface area contributed by atoms with Gasteiger partial charge in [-0.2, -0.15) is 0 Å². The molecule has 0 radical (unpaired) electrons. The number of ketones is 1. The van der Waals surface area contributed by atoms with Crippen molar-refractivity contribution in [2.45, 2.75) is 19.4 Å². The van der Waals surface area contributed by atoms with Crippen LogP contribution in [-0.2, 0) is 9.47 Å². The van der Waals surface area contributed by atoms with Gasteiger partial charge in [-0.3, -0.25) is 9.69 Å². The van der Waals surface area contributed by atoms with Gasteiger partial charge in [-0.25, -0.2) is 0 Å². The lowest BCUT2D eigenvalue weighted by Gasteiger charge is -2.37. The normalized spacial score (nSPS) is 11.9. The first kappa shape index (κ1) is 17.6. The van der Waals surface area contributed by atoms with Gasteiger partial charge in [-0.05, 0) is 38.1 Å². The maximum absolute atomic E-state index is 12.7. The minimum absolute atomic E-state index is 0.00899. The fourth-order valence-electron chi connectivity index (χ4n) is 2.18. The second kappa shape index (κ2) is 8.12. The lowest BCUT2D eigenvalue weighted by Crippen LogP contribution is -2.52. The molecule has 0 saturated carbocycles. The molecule has 0 heterocycles. The van der Waals surface area contributed by atoms with Crippen molar-refractivity contribution in [2.24, 2.45) is 0 Å². The number of ether oxygens (including phenoxy) is 2. The second-order valence-electron chi connectivity index (χ2n) is 5.41. The van der Waals surface area contributed by atoms with E-state index >= 15 is 0 Å². The van der Waals surface area contributed by atoms with Crippen molar-refractivity contribution in [3.63, 3.8) is 0 Å². The Kier molecular flexibility index (Phi) is 6.81. The van der Waals surface area contributed by atoms with E-state index in [-0.39, 0.29) is 11.5 Å². The SMILES string of the molecule is COCCN(CCOC)C(C)(C)C(=O)c1ccc(O)cc1. The Hall–Kier alpha value is -1.43. The van der Waals surface area contributed by atoms with Crippen LogP contribution >= 0.6 is 0 Å². The topological polar surface area (TPSA) is 59.0 Å². The minimum atomic E-state index is -0.673. The predicted octanol–water partition coefficient (Wildman–Crippen LogP) is 1.95. The van der Waals surface area contributed by atoms with E-state index in [1.54, 1.807) is 26.4 Å². The van der Waals surface area contributed by atoms with E-state index in [9.17, 15) is 9.90 Å². The maximum atomic E-state index is 12.7. The van der Waals surface area contributed by atoms with E-state index < -0.39 is 5.54 Å². The van der Waals surface area contributed by atoms with E-state index in [2.05, 4.69) is 4.90 Å². The summed E-state index contributed by atoms with van der Waals surface area (Å²) in [4.78, 5) is 14.8. The molecule has 0 aliphatic rings. The Morgan fingerprint density at radius 3 is 2.00 bits per heavy atom. The molecule has 5 heteroatoms. The number of hydrogen-bond donors (Lipinski definition) is 1. The first-order chi connectivity index (χ1) is 9.93. The van der Waals surface area contributed by atoms with Crippen molar-refractivity contribution in [2.75, 3.05) is 40.5 Å². The number of carbonyl (C=O) groups excluding carboxylic acids is 1. The molecule has 1 aromatic carbocycles. The van der Waals surface area contributed by atoms with Crippen LogP contribution in [0.15, 0.2) is 24.3 Å². The molecule has 0 spiro atoms. The summed E-state index contributed by atoms with van der Waals surface area (Å²) in [5.41, 5.74) is -0.0914. The van der Waals surface area contributed by atoms with Crippen molar-refractivity contribution in [3.05, 3.63) is 29.8 Å². The molecule has 0 aliphatic heterocycles. The van der Waals surface area contributed by atoms with Gasteiger partial charge in [0, 0.05) is 32.9 Å². The summed E-state index contributed by atoms with van der Waals surface area (Å²) in [6, 6.07) is 6.34. The number of phenols is 1. The Bertz CT molecular complexity index is 434. The smallest absolute Gasteiger partial charge is 0.182 e. The first-order valence-corrected chi connectivity index (χ1v) is 7.00. The Balaban J connectivity index is 2.91. The fourth-order valence-corrected chi connectivity index (χ4v) is 2.18. The van der Waals surface area contributed by atoms with Gasteiger partial charge < -0.3 is 14.6 Å². The third kappa shape index (κ3) is 4.81. The summed E-state index contributed by atoms with van der Waals surface area (Å²) in [5, 5.41) is 9.33. The van der Waals surface area contributed by atoms with E-state index in [0.29, 0.717) is 31.9 Å². The summed E-state index contributed by atoms with van der Waals surface area (Å²) < 4.78 is 10.2. The molecule has 1 N–H and O–H groups in total. The first-order valence-electron chi connectivity index (χ1n) is 7.00. The molecule has 0 amide bonds. The molecule has 0 bridgehead atoms. The van der Waals surface area contributed by atoms with Gasteiger partial charge >= 0.3 is 0 Å². The molecule has 21 heavy (non-hydrogen) atoms. The lowest BCUT2D eigenvalue weighted by atomic mass is 9.91. The number of methoxy groups -OCH3 is 2. The Morgan fingerprint density at radius 1 is 1.10 bits per heavy atom. The molecule has 118 valence electrons. The van der Waals surface area contributed by atoms with Gasteiger partial charge in [0.05, 0.1) is 18.8 Å². The number of Topliss-reactive ketones (excluding diaryl/α,β-unsaturated/α-hetero) is 1. The number of rotatable bonds is 9. The van der Waals surface area contributed by atoms with Crippen LogP contribution in [0.25, 0.3) is 0 Å². The molecule has 1 aromatic rings.